The number of para-hydroxylation sites is 1. The minimum atomic E-state index is -0.404. The first-order chi connectivity index (χ1) is 14.0. The second-order valence-electron chi connectivity index (χ2n) is 6.25. The molecule has 0 aliphatic rings. The molecule has 3 aromatic carbocycles. The summed E-state index contributed by atoms with van der Waals surface area (Å²) in [6.45, 7) is 1.86. The van der Waals surface area contributed by atoms with Gasteiger partial charge in [0.15, 0.2) is 5.11 Å². The minimum absolute atomic E-state index is 0.215. The predicted molar refractivity (Wildman–Crippen MR) is 118 cm³/mol. The molecule has 0 bridgehead atoms. The van der Waals surface area contributed by atoms with Crippen LogP contribution < -0.4 is 20.7 Å². The van der Waals surface area contributed by atoms with E-state index in [-0.39, 0.29) is 16.7 Å². The summed E-state index contributed by atoms with van der Waals surface area (Å²) in [5.74, 6) is -0.136. The number of thiocarbonyl (C=S) groups is 1. The first kappa shape index (κ1) is 20.3. The molecule has 0 saturated heterocycles. The van der Waals surface area contributed by atoms with Crippen LogP contribution in [0, 0.1) is 12.7 Å². The highest BCUT2D eigenvalue weighted by Gasteiger charge is 2.13. The van der Waals surface area contributed by atoms with Crippen molar-refractivity contribution in [3.05, 3.63) is 83.7 Å². The van der Waals surface area contributed by atoms with Crippen LogP contribution in [0.15, 0.2) is 66.7 Å². The van der Waals surface area contributed by atoms with E-state index in [0.29, 0.717) is 22.7 Å². The number of hydrogen-bond acceptors (Lipinski definition) is 3. The molecule has 0 heterocycles. The number of halogens is 1. The van der Waals surface area contributed by atoms with E-state index in [1.54, 1.807) is 54.6 Å². The topological polar surface area (TPSA) is 62.4 Å². The van der Waals surface area contributed by atoms with Gasteiger partial charge in [0.1, 0.15) is 11.6 Å². The Labute approximate surface area is 173 Å². The molecule has 0 radical (unpaired) electrons. The third-order valence-corrected chi connectivity index (χ3v) is 4.41. The maximum absolute atomic E-state index is 13.8. The number of carbonyl (C=O) groups excluding carboxylic acids is 1. The Balaban J connectivity index is 1.77. The van der Waals surface area contributed by atoms with Gasteiger partial charge in [-0.2, -0.15) is 0 Å². The Morgan fingerprint density at radius 1 is 0.897 bits per heavy atom. The van der Waals surface area contributed by atoms with Crippen molar-refractivity contribution >= 4 is 40.3 Å². The van der Waals surface area contributed by atoms with Gasteiger partial charge in [-0.25, -0.2) is 4.39 Å². The average Bonchev–Trinajstić information content (AvgIpc) is 2.72. The van der Waals surface area contributed by atoms with Gasteiger partial charge in [0, 0.05) is 17.3 Å². The smallest absolute Gasteiger partial charge is 0.255 e. The SMILES string of the molecule is COc1cc(NC(=O)c2ccccc2)c(C)cc1NC(=S)Nc1ccccc1F. The third kappa shape index (κ3) is 5.08. The first-order valence-electron chi connectivity index (χ1n) is 8.85. The maximum Gasteiger partial charge on any atom is 0.255 e. The molecule has 0 aromatic heterocycles. The Kier molecular flexibility index (Phi) is 6.41. The summed E-state index contributed by atoms with van der Waals surface area (Å²) in [5, 5.41) is 8.92. The van der Waals surface area contributed by atoms with Gasteiger partial charge in [0.25, 0.3) is 5.91 Å². The second-order valence-corrected chi connectivity index (χ2v) is 6.65. The van der Waals surface area contributed by atoms with Crippen LogP contribution >= 0.6 is 12.2 Å². The fourth-order valence-electron chi connectivity index (χ4n) is 2.71. The second kappa shape index (κ2) is 9.16. The summed E-state index contributed by atoms with van der Waals surface area (Å²) in [5.41, 5.74) is 2.85. The zero-order valence-corrected chi connectivity index (χ0v) is 16.8. The van der Waals surface area contributed by atoms with E-state index in [0.717, 1.165) is 5.56 Å². The molecule has 7 heteroatoms. The Morgan fingerprint density at radius 3 is 2.24 bits per heavy atom. The molecule has 148 valence electrons. The molecule has 1 amide bonds. The molecule has 5 nitrogen and oxygen atoms in total. The molecule has 0 saturated carbocycles. The fourth-order valence-corrected chi connectivity index (χ4v) is 2.93. The van der Waals surface area contributed by atoms with E-state index in [1.165, 1.54) is 13.2 Å². The van der Waals surface area contributed by atoms with Crippen molar-refractivity contribution in [2.45, 2.75) is 6.92 Å². The molecular weight excluding hydrogens is 389 g/mol. The molecule has 29 heavy (non-hydrogen) atoms. The van der Waals surface area contributed by atoms with Gasteiger partial charge in [-0.15, -0.1) is 0 Å². The predicted octanol–water partition coefficient (Wildman–Crippen LogP) is 5.20. The number of methoxy groups -OCH3 is 1. The highest BCUT2D eigenvalue weighted by atomic mass is 32.1. The number of benzene rings is 3. The molecule has 0 atom stereocenters. The lowest BCUT2D eigenvalue weighted by molar-refractivity contribution is 0.102. The van der Waals surface area contributed by atoms with Crippen molar-refractivity contribution < 1.29 is 13.9 Å². The summed E-state index contributed by atoms with van der Waals surface area (Å²) in [4.78, 5) is 12.4. The summed E-state index contributed by atoms with van der Waals surface area (Å²) >= 11 is 5.28. The minimum Gasteiger partial charge on any atom is -0.494 e. The van der Waals surface area contributed by atoms with Gasteiger partial charge in [0.05, 0.1) is 18.5 Å². The van der Waals surface area contributed by atoms with E-state index in [2.05, 4.69) is 16.0 Å². The molecule has 3 N–H and O–H groups in total. The number of aryl methyl sites for hydroxylation is 1. The van der Waals surface area contributed by atoms with E-state index in [4.69, 9.17) is 17.0 Å². The number of hydrogen-bond donors (Lipinski definition) is 3. The van der Waals surface area contributed by atoms with Crippen molar-refractivity contribution in [3.8, 4) is 5.75 Å². The number of ether oxygens (including phenoxy) is 1. The van der Waals surface area contributed by atoms with Crippen LogP contribution in [0.5, 0.6) is 5.75 Å². The molecule has 3 rings (SSSR count). The largest absolute Gasteiger partial charge is 0.494 e. The highest BCUT2D eigenvalue weighted by molar-refractivity contribution is 7.80. The normalized spacial score (nSPS) is 10.2. The lowest BCUT2D eigenvalue weighted by atomic mass is 10.1. The van der Waals surface area contributed by atoms with E-state index in [9.17, 15) is 9.18 Å². The fraction of sp³-hybridized carbons (Fsp3) is 0.0909. The van der Waals surface area contributed by atoms with Crippen LogP contribution in [0.2, 0.25) is 0 Å². The zero-order chi connectivity index (χ0) is 20.8. The summed E-state index contributed by atoms with van der Waals surface area (Å²) in [6.07, 6.45) is 0. The average molecular weight is 409 g/mol. The number of rotatable bonds is 5. The number of anilines is 3. The van der Waals surface area contributed by atoms with Gasteiger partial charge in [-0.3, -0.25) is 4.79 Å². The van der Waals surface area contributed by atoms with Crippen LogP contribution in [0.4, 0.5) is 21.5 Å². The van der Waals surface area contributed by atoms with E-state index < -0.39 is 5.82 Å². The Hall–Kier alpha value is -3.45. The summed E-state index contributed by atoms with van der Waals surface area (Å²) < 4.78 is 19.2. The Morgan fingerprint density at radius 2 is 1.55 bits per heavy atom. The molecule has 0 fully saturated rings. The monoisotopic (exact) mass is 409 g/mol. The summed E-state index contributed by atoms with van der Waals surface area (Å²) in [7, 11) is 1.52. The Bertz CT molecular complexity index is 1040. The molecule has 0 unspecified atom stereocenters. The van der Waals surface area contributed by atoms with Crippen molar-refractivity contribution in [2.75, 3.05) is 23.1 Å². The van der Waals surface area contributed by atoms with Crippen molar-refractivity contribution in [1.82, 2.24) is 0 Å². The molecule has 0 aliphatic heterocycles. The van der Waals surface area contributed by atoms with Gasteiger partial charge >= 0.3 is 0 Å². The van der Waals surface area contributed by atoms with Crippen LogP contribution in [0.1, 0.15) is 15.9 Å². The number of carbonyl (C=O) groups is 1. The van der Waals surface area contributed by atoms with Crippen LogP contribution in [0.3, 0.4) is 0 Å². The van der Waals surface area contributed by atoms with Gasteiger partial charge in [-0.05, 0) is 55.0 Å². The molecular formula is C22H20FN3O2S. The van der Waals surface area contributed by atoms with Crippen LogP contribution in [0.25, 0.3) is 0 Å². The van der Waals surface area contributed by atoms with Crippen molar-refractivity contribution in [2.24, 2.45) is 0 Å². The molecule has 3 aromatic rings. The lowest BCUT2D eigenvalue weighted by Crippen LogP contribution is -2.20. The lowest BCUT2D eigenvalue weighted by Gasteiger charge is -2.17. The quantitative estimate of drug-likeness (QED) is 0.506. The van der Waals surface area contributed by atoms with Gasteiger partial charge in [-0.1, -0.05) is 30.3 Å². The van der Waals surface area contributed by atoms with Crippen molar-refractivity contribution in [3.63, 3.8) is 0 Å². The van der Waals surface area contributed by atoms with E-state index in [1.807, 2.05) is 13.0 Å². The molecule has 0 spiro atoms. The van der Waals surface area contributed by atoms with Gasteiger partial charge < -0.3 is 20.7 Å². The van der Waals surface area contributed by atoms with Crippen molar-refractivity contribution in [1.29, 1.82) is 0 Å². The standard InChI is InChI=1S/C22H20FN3O2S/c1-14-12-19(26-22(29)25-17-11-7-6-10-16(17)23)20(28-2)13-18(14)24-21(27)15-8-4-3-5-9-15/h3-13H,1-2H3,(H,24,27)(H2,25,26,29). The third-order valence-electron chi connectivity index (χ3n) is 4.20. The molecule has 0 aliphatic carbocycles. The van der Waals surface area contributed by atoms with Crippen LogP contribution in [-0.2, 0) is 0 Å². The summed E-state index contributed by atoms with van der Waals surface area (Å²) in [6, 6.07) is 18.7. The zero-order valence-electron chi connectivity index (χ0n) is 16.0. The highest BCUT2D eigenvalue weighted by Crippen LogP contribution is 2.31. The van der Waals surface area contributed by atoms with Crippen LogP contribution in [-0.4, -0.2) is 18.1 Å². The first-order valence-corrected chi connectivity index (χ1v) is 9.26. The number of amides is 1. The number of nitrogens with one attached hydrogen (secondary N) is 3. The van der Waals surface area contributed by atoms with Gasteiger partial charge in [0.2, 0.25) is 0 Å². The van der Waals surface area contributed by atoms with E-state index >= 15 is 0 Å². The maximum atomic E-state index is 13.8.